The largest absolute Gasteiger partial charge is 0.469 e. The highest BCUT2D eigenvalue weighted by molar-refractivity contribution is 5.18. The van der Waals surface area contributed by atoms with Crippen molar-refractivity contribution >= 4 is 0 Å². The molecule has 0 bridgehead atoms. The van der Waals surface area contributed by atoms with E-state index in [-0.39, 0.29) is 0 Å². The molecule has 0 spiro atoms. The van der Waals surface area contributed by atoms with Crippen LogP contribution in [0.1, 0.15) is 44.9 Å². The van der Waals surface area contributed by atoms with Gasteiger partial charge in [0, 0.05) is 6.42 Å². The number of hydrogen-bond donors (Lipinski definition) is 0. The lowest BCUT2D eigenvalue weighted by Gasteiger charge is -1.99. The van der Waals surface area contributed by atoms with Crippen LogP contribution in [0.4, 0.5) is 0 Å². The molecule has 1 heteroatoms. The van der Waals surface area contributed by atoms with Crippen LogP contribution in [0.5, 0.6) is 0 Å². The molecule has 0 amide bonds. The van der Waals surface area contributed by atoms with Gasteiger partial charge in [-0.05, 0) is 52.2 Å². The van der Waals surface area contributed by atoms with E-state index in [1.165, 1.54) is 16.7 Å². The Morgan fingerprint density at radius 3 is 2.56 bits per heavy atom. The zero-order valence-electron chi connectivity index (χ0n) is 10.8. The van der Waals surface area contributed by atoms with E-state index in [1.54, 1.807) is 6.26 Å². The zero-order chi connectivity index (χ0) is 12.0. The lowest BCUT2D eigenvalue weighted by molar-refractivity contribution is 0.520. The summed E-state index contributed by atoms with van der Waals surface area (Å²) in [6, 6.07) is 2.02. The maximum absolute atomic E-state index is 5.40. The van der Waals surface area contributed by atoms with Crippen LogP contribution in [0.15, 0.2) is 40.0 Å². The van der Waals surface area contributed by atoms with Gasteiger partial charge in [0.1, 0.15) is 5.76 Å². The van der Waals surface area contributed by atoms with E-state index in [0.717, 1.165) is 25.0 Å². The normalized spacial score (nSPS) is 11.6. The van der Waals surface area contributed by atoms with E-state index < -0.39 is 0 Å². The summed E-state index contributed by atoms with van der Waals surface area (Å²) in [7, 11) is 0. The molecule has 0 aliphatic rings. The zero-order valence-corrected chi connectivity index (χ0v) is 10.8. The van der Waals surface area contributed by atoms with E-state index in [0.29, 0.717) is 0 Å². The predicted molar refractivity (Wildman–Crippen MR) is 69.6 cm³/mol. The van der Waals surface area contributed by atoms with Gasteiger partial charge < -0.3 is 4.42 Å². The van der Waals surface area contributed by atoms with E-state index in [9.17, 15) is 0 Å². The first-order chi connectivity index (χ1) is 7.59. The Morgan fingerprint density at radius 2 is 2.00 bits per heavy atom. The summed E-state index contributed by atoms with van der Waals surface area (Å²) in [5.74, 6) is 1.08. The summed E-state index contributed by atoms with van der Waals surface area (Å²) in [4.78, 5) is 0. The molecular formula is C15H22O. The summed E-state index contributed by atoms with van der Waals surface area (Å²) in [5, 5.41) is 0. The predicted octanol–water partition coefficient (Wildman–Crippen LogP) is 4.82. The minimum absolute atomic E-state index is 0.916. The Labute approximate surface area is 98.9 Å². The molecule has 0 fully saturated rings. The van der Waals surface area contributed by atoms with Crippen LogP contribution < -0.4 is 0 Å². The monoisotopic (exact) mass is 218 g/mol. The van der Waals surface area contributed by atoms with Gasteiger partial charge in [-0.2, -0.15) is 0 Å². The van der Waals surface area contributed by atoms with Crippen LogP contribution in [0.2, 0.25) is 0 Å². The molecule has 0 aliphatic carbocycles. The number of aryl methyl sites for hydroxylation is 1. The maximum Gasteiger partial charge on any atom is 0.110 e. The van der Waals surface area contributed by atoms with E-state index in [4.69, 9.17) is 4.42 Å². The van der Waals surface area contributed by atoms with Gasteiger partial charge in [0.25, 0.3) is 0 Å². The first kappa shape index (κ1) is 12.8. The first-order valence-electron chi connectivity index (χ1n) is 5.91. The summed E-state index contributed by atoms with van der Waals surface area (Å²) in [5.41, 5.74) is 4.08. The van der Waals surface area contributed by atoms with Crippen molar-refractivity contribution in [2.45, 2.75) is 47.0 Å². The molecule has 0 saturated carbocycles. The van der Waals surface area contributed by atoms with Crippen LogP contribution in [0.25, 0.3) is 0 Å². The van der Waals surface area contributed by atoms with Crippen LogP contribution in [-0.2, 0) is 6.42 Å². The molecule has 1 aromatic rings. The topological polar surface area (TPSA) is 13.1 Å². The van der Waals surface area contributed by atoms with Crippen molar-refractivity contribution in [1.29, 1.82) is 0 Å². The van der Waals surface area contributed by atoms with Gasteiger partial charge >= 0.3 is 0 Å². The standard InChI is InChI=1S/C15H22O/c1-12(2)6-5-7-13(3)8-9-15-14(4)10-11-16-15/h6,8,10-11H,5,7,9H2,1-4H3. The van der Waals surface area contributed by atoms with Gasteiger partial charge in [0.05, 0.1) is 6.26 Å². The Balaban J connectivity index is 2.40. The molecule has 0 aromatic carbocycles. The van der Waals surface area contributed by atoms with E-state index in [1.807, 2.05) is 6.07 Å². The van der Waals surface area contributed by atoms with Crippen LogP contribution in [0.3, 0.4) is 0 Å². The molecule has 0 atom stereocenters. The van der Waals surface area contributed by atoms with Gasteiger partial charge in [-0.25, -0.2) is 0 Å². The first-order valence-corrected chi connectivity index (χ1v) is 5.91. The molecule has 1 heterocycles. The van der Waals surface area contributed by atoms with Gasteiger partial charge in [-0.1, -0.05) is 23.3 Å². The van der Waals surface area contributed by atoms with Crippen molar-refractivity contribution in [3.05, 3.63) is 47.0 Å². The van der Waals surface area contributed by atoms with Crippen LogP contribution in [0, 0.1) is 6.92 Å². The number of allylic oxidation sites excluding steroid dienone is 4. The molecular weight excluding hydrogens is 196 g/mol. The van der Waals surface area contributed by atoms with E-state index >= 15 is 0 Å². The average molecular weight is 218 g/mol. The molecule has 0 N–H and O–H groups in total. The second kappa shape index (κ2) is 6.37. The third-order valence-electron chi connectivity index (χ3n) is 2.70. The smallest absolute Gasteiger partial charge is 0.110 e. The third-order valence-corrected chi connectivity index (χ3v) is 2.70. The minimum atomic E-state index is 0.916. The van der Waals surface area contributed by atoms with Crippen molar-refractivity contribution in [2.75, 3.05) is 0 Å². The summed E-state index contributed by atoms with van der Waals surface area (Å²) < 4.78 is 5.40. The molecule has 1 aromatic heterocycles. The lowest BCUT2D eigenvalue weighted by Crippen LogP contribution is -1.83. The highest BCUT2D eigenvalue weighted by Crippen LogP contribution is 2.13. The summed E-state index contributed by atoms with van der Waals surface area (Å²) in [6.45, 7) is 8.57. The molecule has 1 nitrogen and oxygen atoms in total. The van der Waals surface area contributed by atoms with Crippen molar-refractivity contribution < 1.29 is 4.42 Å². The molecule has 0 saturated heterocycles. The van der Waals surface area contributed by atoms with Crippen molar-refractivity contribution in [2.24, 2.45) is 0 Å². The summed E-state index contributed by atoms with van der Waals surface area (Å²) >= 11 is 0. The second-order valence-electron chi connectivity index (χ2n) is 4.60. The molecule has 0 radical (unpaired) electrons. The van der Waals surface area contributed by atoms with Gasteiger partial charge in [-0.3, -0.25) is 0 Å². The fourth-order valence-corrected chi connectivity index (χ4v) is 1.57. The van der Waals surface area contributed by atoms with Crippen LogP contribution >= 0.6 is 0 Å². The molecule has 1 rings (SSSR count). The quantitative estimate of drug-likeness (QED) is 0.645. The second-order valence-corrected chi connectivity index (χ2v) is 4.60. The SMILES string of the molecule is CC(C)=CCCC(C)=CCc1occc1C. The highest BCUT2D eigenvalue weighted by Gasteiger charge is 1.99. The van der Waals surface area contributed by atoms with Crippen molar-refractivity contribution in [3.8, 4) is 0 Å². The Kier molecular flexibility index (Phi) is 5.10. The molecule has 88 valence electrons. The summed E-state index contributed by atoms with van der Waals surface area (Å²) in [6.07, 6.45) is 9.52. The maximum atomic E-state index is 5.40. The van der Waals surface area contributed by atoms with Gasteiger partial charge in [0.15, 0.2) is 0 Å². The lowest BCUT2D eigenvalue weighted by atomic mass is 10.1. The fourth-order valence-electron chi connectivity index (χ4n) is 1.57. The van der Waals surface area contributed by atoms with Gasteiger partial charge in [-0.15, -0.1) is 0 Å². The number of rotatable bonds is 5. The minimum Gasteiger partial charge on any atom is -0.469 e. The third kappa shape index (κ3) is 4.52. The highest BCUT2D eigenvalue weighted by atomic mass is 16.3. The van der Waals surface area contributed by atoms with Crippen LogP contribution in [-0.4, -0.2) is 0 Å². The van der Waals surface area contributed by atoms with E-state index in [2.05, 4.69) is 39.8 Å². The fraction of sp³-hybridized carbons (Fsp3) is 0.467. The molecule has 16 heavy (non-hydrogen) atoms. The molecule has 0 unspecified atom stereocenters. The Hall–Kier alpha value is -1.24. The molecule has 0 aliphatic heterocycles. The van der Waals surface area contributed by atoms with Crippen molar-refractivity contribution in [1.82, 2.24) is 0 Å². The van der Waals surface area contributed by atoms with Crippen molar-refractivity contribution in [3.63, 3.8) is 0 Å². The number of furan rings is 1. The Morgan fingerprint density at radius 1 is 1.25 bits per heavy atom. The number of hydrogen-bond acceptors (Lipinski definition) is 1. The van der Waals surface area contributed by atoms with Gasteiger partial charge in [0.2, 0.25) is 0 Å². The Bertz CT molecular complexity index is 376. The average Bonchev–Trinajstić information content (AvgIpc) is 2.60.